The van der Waals surface area contributed by atoms with Crippen LogP contribution in [-0.4, -0.2) is 69.4 Å². The minimum atomic E-state index is -4.70. The number of carbonyl (C=O) groups excluding carboxylic acids is 2. The molecule has 0 saturated heterocycles. The fraction of sp³-hybridized carbons (Fsp3) is 0.800. The first-order valence-corrected chi connectivity index (χ1v) is 30.6. The number of unbranched alkanes of at least 4 members (excludes halogenated alkanes) is 28. The molecule has 70 heavy (non-hydrogen) atoms. The van der Waals surface area contributed by atoms with Crippen molar-refractivity contribution in [1.82, 2.24) is 5.32 Å². The quantitative estimate of drug-likeness (QED) is 0.0212. The van der Waals surface area contributed by atoms with E-state index in [0.717, 1.165) is 83.5 Å². The summed E-state index contributed by atoms with van der Waals surface area (Å²) in [6.45, 7) is 6.78. The molecule has 0 aromatic carbocycles. The van der Waals surface area contributed by atoms with Crippen molar-refractivity contribution in [3.63, 3.8) is 0 Å². The van der Waals surface area contributed by atoms with Gasteiger partial charge >= 0.3 is 5.97 Å². The molecule has 1 N–H and O–H groups in total. The van der Waals surface area contributed by atoms with Gasteiger partial charge in [-0.3, -0.25) is 14.2 Å². The molecule has 3 unspecified atom stereocenters. The molecule has 408 valence electrons. The highest BCUT2D eigenvalue weighted by molar-refractivity contribution is 7.45. The summed E-state index contributed by atoms with van der Waals surface area (Å²) >= 11 is 0. The van der Waals surface area contributed by atoms with E-state index in [0.29, 0.717) is 30.3 Å². The Balaban J connectivity index is 5.35. The molecule has 1 amide bonds. The standard InChI is InChI=1S/C60H111N2O7P/c1-7-10-13-16-19-22-25-28-29-30-31-32-33-35-38-41-44-47-50-53-60(64)69-58(51-48-45-42-39-36-27-24-21-18-15-12-9-3)57(56-68-70(65,66)67-55-54-62(4,5)6)61-59(63)52-49-46-43-40-37-34-26-23-20-17-14-11-8-2/h19,22,28-29,31-32,34,37,48,51,57-58H,7-18,20-21,23-27,30,33,35-36,38-47,49-50,52-56H2,1-6H3,(H-,61,63,65,66)/b22-19-,29-28-,32-31-,37-34-,51-48-. The van der Waals surface area contributed by atoms with E-state index in [2.05, 4.69) is 74.7 Å². The second-order valence-corrected chi connectivity index (χ2v) is 22.2. The summed E-state index contributed by atoms with van der Waals surface area (Å²) in [6, 6.07) is -0.901. The molecule has 0 aliphatic heterocycles. The number of nitrogens with one attached hydrogen (secondary N) is 1. The number of phosphoric acid groups is 1. The normalized spacial score (nSPS) is 14.2. The molecule has 0 fully saturated rings. The average Bonchev–Trinajstić information content (AvgIpc) is 3.32. The van der Waals surface area contributed by atoms with Gasteiger partial charge in [0.2, 0.25) is 5.91 Å². The summed E-state index contributed by atoms with van der Waals surface area (Å²) in [5, 5.41) is 3.01. The monoisotopic (exact) mass is 1000 g/mol. The van der Waals surface area contributed by atoms with Crippen LogP contribution < -0.4 is 10.2 Å². The third kappa shape index (κ3) is 50.6. The van der Waals surface area contributed by atoms with Gasteiger partial charge in [-0.2, -0.15) is 0 Å². The molecule has 0 radical (unpaired) electrons. The summed E-state index contributed by atoms with van der Waals surface area (Å²) in [4.78, 5) is 39.8. The third-order valence-electron chi connectivity index (χ3n) is 12.7. The van der Waals surface area contributed by atoms with E-state index in [-0.39, 0.29) is 24.9 Å². The zero-order valence-corrected chi connectivity index (χ0v) is 47.4. The van der Waals surface area contributed by atoms with Gasteiger partial charge in [0.15, 0.2) is 0 Å². The number of esters is 1. The smallest absolute Gasteiger partial charge is 0.306 e. The fourth-order valence-electron chi connectivity index (χ4n) is 8.11. The number of quaternary nitrogens is 1. The molecule has 0 rings (SSSR count). The number of allylic oxidation sites excluding steroid dienone is 9. The molecule has 0 aliphatic rings. The largest absolute Gasteiger partial charge is 0.756 e. The predicted molar refractivity (Wildman–Crippen MR) is 298 cm³/mol. The molecule has 9 nitrogen and oxygen atoms in total. The van der Waals surface area contributed by atoms with Gasteiger partial charge in [-0.05, 0) is 96.0 Å². The van der Waals surface area contributed by atoms with Crippen LogP contribution in [0.3, 0.4) is 0 Å². The van der Waals surface area contributed by atoms with Gasteiger partial charge in [0.05, 0.1) is 33.8 Å². The lowest BCUT2D eigenvalue weighted by Crippen LogP contribution is -2.47. The first-order valence-electron chi connectivity index (χ1n) is 29.1. The minimum Gasteiger partial charge on any atom is -0.756 e. The zero-order valence-electron chi connectivity index (χ0n) is 46.5. The van der Waals surface area contributed by atoms with Gasteiger partial charge in [-0.1, -0.05) is 210 Å². The highest BCUT2D eigenvalue weighted by Crippen LogP contribution is 2.38. The average molecular weight is 1000 g/mol. The highest BCUT2D eigenvalue weighted by Gasteiger charge is 2.27. The van der Waals surface area contributed by atoms with Crippen molar-refractivity contribution in [1.29, 1.82) is 0 Å². The van der Waals surface area contributed by atoms with Gasteiger partial charge in [-0.25, -0.2) is 0 Å². The maximum absolute atomic E-state index is 13.5. The molecule has 3 atom stereocenters. The molecular weight excluding hydrogens is 892 g/mol. The van der Waals surface area contributed by atoms with Gasteiger partial charge < -0.3 is 28.5 Å². The number of ether oxygens (including phenoxy) is 1. The second kappa shape index (κ2) is 50.3. The van der Waals surface area contributed by atoms with Gasteiger partial charge in [0, 0.05) is 12.8 Å². The first-order chi connectivity index (χ1) is 33.9. The van der Waals surface area contributed by atoms with Crippen LogP contribution in [0.1, 0.15) is 258 Å². The summed E-state index contributed by atoms with van der Waals surface area (Å²) in [7, 11) is 1.17. The number of amides is 1. The van der Waals surface area contributed by atoms with E-state index in [4.69, 9.17) is 13.8 Å². The summed E-state index contributed by atoms with van der Waals surface area (Å²) in [6.07, 6.45) is 61.8. The van der Waals surface area contributed by atoms with Crippen LogP contribution in [0.15, 0.2) is 60.8 Å². The minimum absolute atomic E-state index is 0.0284. The predicted octanol–water partition coefficient (Wildman–Crippen LogP) is 16.9. The van der Waals surface area contributed by atoms with Crippen molar-refractivity contribution in [2.75, 3.05) is 40.9 Å². The Hall–Kier alpha value is -2.29. The molecule has 10 heteroatoms. The molecule has 0 aliphatic carbocycles. The Morgan fingerprint density at radius 3 is 1.36 bits per heavy atom. The number of phosphoric ester groups is 1. The number of rotatable bonds is 52. The lowest BCUT2D eigenvalue weighted by Gasteiger charge is -2.30. The van der Waals surface area contributed by atoms with Gasteiger partial charge in [-0.15, -0.1) is 0 Å². The SMILES string of the molecule is CCCCC/C=C\C/C=C\C/C=C\CCCCCCCCC(=O)OC(/C=C\CCCCCCCCCCCC)C(COP(=O)([O-])OCC[N+](C)(C)C)NC(=O)CCCCC/C=C\CCCCCCCC. The van der Waals surface area contributed by atoms with E-state index < -0.39 is 26.6 Å². The van der Waals surface area contributed by atoms with Crippen molar-refractivity contribution in [2.24, 2.45) is 0 Å². The van der Waals surface area contributed by atoms with Crippen molar-refractivity contribution < 1.29 is 37.3 Å². The molecule has 0 bridgehead atoms. The number of carbonyl (C=O) groups is 2. The third-order valence-corrected chi connectivity index (χ3v) is 13.6. The molecular formula is C60H111N2O7P. The summed E-state index contributed by atoms with van der Waals surface area (Å²) in [5.74, 6) is -0.573. The zero-order chi connectivity index (χ0) is 51.5. The van der Waals surface area contributed by atoms with Crippen molar-refractivity contribution >= 4 is 19.7 Å². The maximum atomic E-state index is 13.5. The number of nitrogens with zero attached hydrogens (tertiary/aromatic N) is 1. The molecule has 0 spiro atoms. The van der Waals surface area contributed by atoms with Gasteiger partial charge in [0.1, 0.15) is 19.3 Å². The van der Waals surface area contributed by atoms with Crippen molar-refractivity contribution in [3.8, 4) is 0 Å². The summed E-state index contributed by atoms with van der Waals surface area (Å²) in [5.41, 5.74) is 0. The summed E-state index contributed by atoms with van der Waals surface area (Å²) < 4.78 is 30.2. The van der Waals surface area contributed by atoms with Crippen LogP contribution >= 0.6 is 7.82 Å². The van der Waals surface area contributed by atoms with Crippen molar-refractivity contribution in [2.45, 2.75) is 270 Å². The molecule has 0 aromatic rings. The lowest BCUT2D eigenvalue weighted by atomic mass is 10.0. The topological polar surface area (TPSA) is 114 Å². The number of hydrogen-bond acceptors (Lipinski definition) is 7. The van der Waals surface area contributed by atoms with E-state index >= 15 is 0 Å². The van der Waals surface area contributed by atoms with Gasteiger partial charge in [0.25, 0.3) is 7.82 Å². The Morgan fingerprint density at radius 2 is 0.871 bits per heavy atom. The Kier molecular flexibility index (Phi) is 48.6. The van der Waals surface area contributed by atoms with E-state index in [1.165, 1.54) is 128 Å². The van der Waals surface area contributed by atoms with Crippen LogP contribution in [-0.2, 0) is 27.9 Å². The number of likely N-dealkylation sites (N-methyl/N-ethyl adjacent to an activating group) is 1. The van der Waals surface area contributed by atoms with Crippen LogP contribution in [0, 0.1) is 0 Å². The first kappa shape index (κ1) is 67.7. The lowest BCUT2D eigenvalue weighted by molar-refractivity contribution is -0.870. The Morgan fingerprint density at radius 1 is 0.500 bits per heavy atom. The maximum Gasteiger partial charge on any atom is 0.306 e. The molecule has 0 heterocycles. The molecule has 0 aromatic heterocycles. The van der Waals surface area contributed by atoms with E-state index in [1.54, 1.807) is 0 Å². The van der Waals surface area contributed by atoms with Crippen molar-refractivity contribution in [3.05, 3.63) is 60.8 Å². The van der Waals surface area contributed by atoms with Crippen LogP contribution in [0.2, 0.25) is 0 Å². The van der Waals surface area contributed by atoms with Crippen LogP contribution in [0.5, 0.6) is 0 Å². The van der Waals surface area contributed by atoms with Crippen LogP contribution in [0.4, 0.5) is 0 Å². The Bertz CT molecular complexity index is 1390. The Labute approximate surface area is 432 Å². The molecule has 0 saturated carbocycles. The highest BCUT2D eigenvalue weighted by atomic mass is 31.2. The fourth-order valence-corrected chi connectivity index (χ4v) is 8.83. The van der Waals surface area contributed by atoms with Crippen LogP contribution in [0.25, 0.3) is 0 Å². The van der Waals surface area contributed by atoms with E-state index in [9.17, 15) is 19.0 Å². The number of hydrogen-bond donors (Lipinski definition) is 1. The van der Waals surface area contributed by atoms with E-state index in [1.807, 2.05) is 33.3 Å². The second-order valence-electron chi connectivity index (χ2n) is 20.8.